The zero-order valence-electron chi connectivity index (χ0n) is 11.4. The molecular weight excluding hydrogens is 257 g/mol. The highest BCUT2D eigenvalue weighted by atomic mass is 19.1. The molecule has 3 rings (SSSR count). The molecule has 0 bridgehead atoms. The van der Waals surface area contributed by atoms with Crippen LogP contribution >= 0.6 is 0 Å². The fourth-order valence-electron chi connectivity index (χ4n) is 2.78. The molecule has 0 unspecified atom stereocenters. The van der Waals surface area contributed by atoms with E-state index in [4.69, 9.17) is 0 Å². The Morgan fingerprint density at radius 1 is 1.20 bits per heavy atom. The highest BCUT2D eigenvalue weighted by molar-refractivity contribution is 5.76. The number of nitrogens with one attached hydrogen (secondary N) is 3. The predicted octanol–water partition coefficient (Wildman–Crippen LogP) is 1.87. The quantitative estimate of drug-likeness (QED) is 0.790. The molecule has 1 aromatic rings. The first kappa shape index (κ1) is 13.4. The molecular formula is C15H20FN3O. The minimum atomic E-state index is -0.287. The molecule has 0 atom stereocenters. The molecule has 1 aromatic carbocycles. The summed E-state index contributed by atoms with van der Waals surface area (Å²) in [6.07, 6.45) is 3.77. The van der Waals surface area contributed by atoms with Crippen LogP contribution in [-0.4, -0.2) is 25.2 Å². The number of hydrogen-bond donors (Lipinski definition) is 3. The van der Waals surface area contributed by atoms with Gasteiger partial charge in [-0.15, -0.1) is 0 Å². The molecule has 4 nitrogen and oxygen atoms in total. The van der Waals surface area contributed by atoms with Crippen molar-refractivity contribution < 1.29 is 9.18 Å². The first-order chi connectivity index (χ1) is 9.68. The highest BCUT2D eigenvalue weighted by Gasteiger charge is 2.45. The SMILES string of the molecule is O=C(NC1CCNCC1)NC1(c2ccc(F)cc2)CC1. The van der Waals surface area contributed by atoms with Gasteiger partial charge in [-0.2, -0.15) is 0 Å². The summed E-state index contributed by atoms with van der Waals surface area (Å²) in [6.45, 7) is 1.90. The summed E-state index contributed by atoms with van der Waals surface area (Å²) >= 11 is 0. The Labute approximate surface area is 118 Å². The summed E-state index contributed by atoms with van der Waals surface area (Å²) in [5.74, 6) is -0.247. The van der Waals surface area contributed by atoms with Crippen molar-refractivity contribution >= 4 is 6.03 Å². The summed E-state index contributed by atoms with van der Waals surface area (Å²) in [6, 6.07) is 6.54. The van der Waals surface area contributed by atoms with Gasteiger partial charge in [0, 0.05) is 6.04 Å². The van der Waals surface area contributed by atoms with Crippen LogP contribution in [0, 0.1) is 5.82 Å². The van der Waals surface area contributed by atoms with Crippen LogP contribution in [0.2, 0.25) is 0 Å². The topological polar surface area (TPSA) is 53.2 Å². The fourth-order valence-corrected chi connectivity index (χ4v) is 2.78. The second-order valence-electron chi connectivity index (χ2n) is 5.71. The molecule has 3 N–H and O–H groups in total. The number of hydrogen-bond acceptors (Lipinski definition) is 2. The lowest BCUT2D eigenvalue weighted by Gasteiger charge is -2.25. The van der Waals surface area contributed by atoms with Gasteiger partial charge >= 0.3 is 6.03 Å². The summed E-state index contributed by atoms with van der Waals surface area (Å²) in [7, 11) is 0. The van der Waals surface area contributed by atoms with E-state index in [0.29, 0.717) is 0 Å². The Kier molecular flexibility index (Phi) is 3.61. The minimum Gasteiger partial charge on any atom is -0.335 e. The molecule has 5 heteroatoms. The molecule has 1 aliphatic heterocycles. The smallest absolute Gasteiger partial charge is 0.315 e. The summed E-state index contributed by atoms with van der Waals surface area (Å²) < 4.78 is 13.0. The van der Waals surface area contributed by atoms with Crippen molar-refractivity contribution in [1.29, 1.82) is 0 Å². The summed E-state index contributed by atoms with van der Waals surface area (Å²) in [5, 5.41) is 9.36. The van der Waals surface area contributed by atoms with E-state index in [0.717, 1.165) is 44.3 Å². The molecule has 2 amide bonds. The van der Waals surface area contributed by atoms with Gasteiger partial charge in [0.1, 0.15) is 5.82 Å². The van der Waals surface area contributed by atoms with Crippen molar-refractivity contribution in [3.63, 3.8) is 0 Å². The Hall–Kier alpha value is -1.62. The number of piperidine rings is 1. The van der Waals surface area contributed by atoms with Gasteiger partial charge in [0.05, 0.1) is 5.54 Å². The lowest BCUT2D eigenvalue weighted by atomic mass is 10.0. The van der Waals surface area contributed by atoms with Gasteiger partial charge in [0.2, 0.25) is 0 Å². The van der Waals surface area contributed by atoms with Crippen LogP contribution in [0.4, 0.5) is 9.18 Å². The lowest BCUT2D eigenvalue weighted by Crippen LogP contribution is -2.49. The molecule has 1 aliphatic carbocycles. The van der Waals surface area contributed by atoms with Crippen LogP contribution in [0.15, 0.2) is 24.3 Å². The number of carbonyl (C=O) groups excluding carboxylic acids is 1. The zero-order chi connectivity index (χ0) is 14.0. The molecule has 0 aromatic heterocycles. The third-order valence-electron chi connectivity index (χ3n) is 4.17. The van der Waals surface area contributed by atoms with Crippen LogP contribution in [0.3, 0.4) is 0 Å². The molecule has 0 radical (unpaired) electrons. The van der Waals surface area contributed by atoms with Crippen molar-refractivity contribution in [3.8, 4) is 0 Å². The monoisotopic (exact) mass is 277 g/mol. The van der Waals surface area contributed by atoms with E-state index in [2.05, 4.69) is 16.0 Å². The van der Waals surface area contributed by atoms with E-state index in [-0.39, 0.29) is 23.4 Å². The Morgan fingerprint density at radius 3 is 2.45 bits per heavy atom. The maximum atomic E-state index is 13.0. The van der Waals surface area contributed by atoms with Crippen molar-refractivity contribution in [3.05, 3.63) is 35.6 Å². The molecule has 1 heterocycles. The largest absolute Gasteiger partial charge is 0.335 e. The zero-order valence-corrected chi connectivity index (χ0v) is 11.4. The predicted molar refractivity (Wildman–Crippen MR) is 74.9 cm³/mol. The summed E-state index contributed by atoms with van der Waals surface area (Å²) in [5.41, 5.74) is 0.699. The van der Waals surface area contributed by atoms with Gasteiger partial charge in [-0.3, -0.25) is 0 Å². The average molecular weight is 277 g/mol. The van der Waals surface area contributed by atoms with E-state index >= 15 is 0 Å². The average Bonchev–Trinajstić information content (AvgIpc) is 3.21. The van der Waals surface area contributed by atoms with Crippen molar-refractivity contribution in [2.24, 2.45) is 0 Å². The maximum Gasteiger partial charge on any atom is 0.315 e. The van der Waals surface area contributed by atoms with Crippen LogP contribution < -0.4 is 16.0 Å². The maximum absolute atomic E-state index is 13.0. The second kappa shape index (κ2) is 5.40. The van der Waals surface area contributed by atoms with Crippen LogP contribution in [0.5, 0.6) is 0 Å². The number of benzene rings is 1. The normalized spacial score (nSPS) is 21.2. The molecule has 2 fully saturated rings. The number of amides is 2. The van der Waals surface area contributed by atoms with Gasteiger partial charge in [-0.1, -0.05) is 12.1 Å². The fraction of sp³-hybridized carbons (Fsp3) is 0.533. The van der Waals surface area contributed by atoms with Gasteiger partial charge in [-0.25, -0.2) is 9.18 Å². The molecule has 0 spiro atoms. The Balaban J connectivity index is 1.59. The summed E-state index contributed by atoms with van der Waals surface area (Å²) in [4.78, 5) is 12.1. The van der Waals surface area contributed by atoms with Crippen LogP contribution in [0.25, 0.3) is 0 Å². The van der Waals surface area contributed by atoms with Gasteiger partial charge < -0.3 is 16.0 Å². The number of urea groups is 1. The molecule has 20 heavy (non-hydrogen) atoms. The van der Waals surface area contributed by atoms with Crippen LogP contribution in [0.1, 0.15) is 31.2 Å². The third-order valence-corrected chi connectivity index (χ3v) is 4.17. The lowest BCUT2D eigenvalue weighted by molar-refractivity contribution is 0.228. The van der Waals surface area contributed by atoms with E-state index in [9.17, 15) is 9.18 Å². The molecule has 1 saturated carbocycles. The van der Waals surface area contributed by atoms with E-state index < -0.39 is 0 Å². The molecule has 108 valence electrons. The minimum absolute atomic E-state index is 0.112. The molecule has 2 aliphatic rings. The molecule has 1 saturated heterocycles. The second-order valence-corrected chi connectivity index (χ2v) is 5.71. The first-order valence-electron chi connectivity index (χ1n) is 7.23. The number of rotatable bonds is 3. The first-order valence-corrected chi connectivity index (χ1v) is 7.23. The Morgan fingerprint density at radius 2 is 1.85 bits per heavy atom. The number of carbonyl (C=O) groups is 1. The van der Waals surface area contributed by atoms with Crippen molar-refractivity contribution in [2.45, 2.75) is 37.3 Å². The van der Waals surface area contributed by atoms with E-state index in [1.54, 1.807) is 12.1 Å². The third kappa shape index (κ3) is 2.93. The number of halogens is 1. The highest BCUT2D eigenvalue weighted by Crippen LogP contribution is 2.45. The van der Waals surface area contributed by atoms with Gasteiger partial charge in [0.15, 0.2) is 0 Å². The van der Waals surface area contributed by atoms with E-state index in [1.165, 1.54) is 12.1 Å². The van der Waals surface area contributed by atoms with E-state index in [1.807, 2.05) is 0 Å². The van der Waals surface area contributed by atoms with Gasteiger partial charge in [0.25, 0.3) is 0 Å². The van der Waals surface area contributed by atoms with Gasteiger partial charge in [-0.05, 0) is 56.5 Å². The van der Waals surface area contributed by atoms with Crippen molar-refractivity contribution in [2.75, 3.05) is 13.1 Å². The van der Waals surface area contributed by atoms with Crippen LogP contribution in [-0.2, 0) is 5.54 Å². The van der Waals surface area contributed by atoms with Crippen molar-refractivity contribution in [1.82, 2.24) is 16.0 Å². The standard InChI is InChI=1S/C15H20FN3O/c16-12-3-1-11(2-4-12)15(7-8-15)19-14(20)18-13-5-9-17-10-6-13/h1-4,13,17H,5-10H2,(H2,18,19,20). The Bertz CT molecular complexity index is 478.